The Labute approximate surface area is 96.4 Å². The summed E-state index contributed by atoms with van der Waals surface area (Å²) in [6.45, 7) is 14.6. The van der Waals surface area contributed by atoms with Gasteiger partial charge in [0.1, 0.15) is 0 Å². The van der Waals surface area contributed by atoms with E-state index in [9.17, 15) is 0 Å². The molecule has 0 aliphatic heterocycles. The second-order valence-corrected chi connectivity index (χ2v) is 5.93. The molecule has 1 unspecified atom stereocenters. The second kappa shape index (κ2) is 6.49. The van der Waals surface area contributed by atoms with Gasteiger partial charge in [-0.2, -0.15) is 0 Å². The van der Waals surface area contributed by atoms with E-state index >= 15 is 0 Å². The van der Waals surface area contributed by atoms with Gasteiger partial charge >= 0.3 is 0 Å². The minimum Gasteiger partial charge on any atom is -0.312 e. The molecule has 0 aromatic carbocycles. The Morgan fingerprint density at radius 2 is 1.67 bits per heavy atom. The van der Waals surface area contributed by atoms with Crippen molar-refractivity contribution in [2.24, 2.45) is 0 Å². The van der Waals surface area contributed by atoms with Gasteiger partial charge in [0, 0.05) is 17.6 Å². The Kier molecular flexibility index (Phi) is 6.46. The Morgan fingerprint density at radius 1 is 1.13 bits per heavy atom. The van der Waals surface area contributed by atoms with Gasteiger partial charge in [0.2, 0.25) is 0 Å². The van der Waals surface area contributed by atoms with E-state index in [2.05, 4.69) is 58.8 Å². The van der Waals surface area contributed by atoms with Gasteiger partial charge in [-0.1, -0.05) is 0 Å². The highest BCUT2D eigenvalue weighted by atomic mass is 15.1. The summed E-state index contributed by atoms with van der Waals surface area (Å²) in [5.74, 6) is 0. The quantitative estimate of drug-likeness (QED) is 0.684. The van der Waals surface area contributed by atoms with Crippen LogP contribution in [0.15, 0.2) is 0 Å². The summed E-state index contributed by atoms with van der Waals surface area (Å²) in [7, 11) is 2.21. The summed E-state index contributed by atoms with van der Waals surface area (Å²) in [5, 5.41) is 3.53. The van der Waals surface area contributed by atoms with Crippen molar-refractivity contribution in [2.45, 2.75) is 72.0 Å². The fourth-order valence-corrected chi connectivity index (χ4v) is 1.57. The fourth-order valence-electron chi connectivity index (χ4n) is 1.57. The molecule has 0 saturated heterocycles. The van der Waals surface area contributed by atoms with Gasteiger partial charge in [-0.15, -0.1) is 0 Å². The number of rotatable bonds is 6. The standard InChI is InChI=1S/C13H30N2/c1-11(2)15(7)12(3)9-8-10-14-13(4,5)6/h11-12,14H,8-10H2,1-7H3. The predicted octanol–water partition coefficient (Wildman–Crippen LogP) is 2.88. The van der Waals surface area contributed by atoms with Crippen molar-refractivity contribution in [3.63, 3.8) is 0 Å². The van der Waals surface area contributed by atoms with Gasteiger partial charge in [0.25, 0.3) is 0 Å². The molecule has 1 atom stereocenters. The average molecular weight is 214 g/mol. The molecular formula is C13H30N2. The summed E-state index contributed by atoms with van der Waals surface area (Å²) in [5.41, 5.74) is 0.257. The molecule has 15 heavy (non-hydrogen) atoms. The highest BCUT2D eigenvalue weighted by Crippen LogP contribution is 2.08. The molecule has 0 heterocycles. The molecule has 0 aliphatic rings. The van der Waals surface area contributed by atoms with Crippen LogP contribution in [0.4, 0.5) is 0 Å². The number of hydrogen-bond acceptors (Lipinski definition) is 2. The van der Waals surface area contributed by atoms with E-state index in [4.69, 9.17) is 0 Å². The topological polar surface area (TPSA) is 15.3 Å². The number of nitrogens with zero attached hydrogens (tertiary/aromatic N) is 1. The van der Waals surface area contributed by atoms with Gasteiger partial charge in [-0.25, -0.2) is 0 Å². The lowest BCUT2D eigenvalue weighted by Crippen LogP contribution is -2.38. The minimum atomic E-state index is 0.257. The first-order valence-corrected chi connectivity index (χ1v) is 6.21. The van der Waals surface area contributed by atoms with E-state index < -0.39 is 0 Å². The van der Waals surface area contributed by atoms with Crippen LogP contribution in [0.5, 0.6) is 0 Å². The van der Waals surface area contributed by atoms with Gasteiger partial charge in [-0.3, -0.25) is 0 Å². The monoisotopic (exact) mass is 214 g/mol. The summed E-state index contributed by atoms with van der Waals surface area (Å²) < 4.78 is 0. The maximum absolute atomic E-state index is 3.53. The van der Waals surface area contributed by atoms with Crippen LogP contribution in [0.3, 0.4) is 0 Å². The maximum Gasteiger partial charge on any atom is 0.00965 e. The zero-order valence-corrected chi connectivity index (χ0v) is 11.7. The lowest BCUT2D eigenvalue weighted by molar-refractivity contribution is 0.195. The highest BCUT2D eigenvalue weighted by Gasteiger charge is 2.12. The van der Waals surface area contributed by atoms with Crippen LogP contribution in [0.25, 0.3) is 0 Å². The van der Waals surface area contributed by atoms with E-state index in [1.807, 2.05) is 0 Å². The van der Waals surface area contributed by atoms with E-state index in [0.717, 1.165) is 6.54 Å². The molecular weight excluding hydrogens is 184 g/mol. The van der Waals surface area contributed by atoms with Gasteiger partial charge < -0.3 is 10.2 Å². The van der Waals surface area contributed by atoms with E-state index in [-0.39, 0.29) is 5.54 Å². The molecule has 0 rings (SSSR count). The van der Waals surface area contributed by atoms with Crippen LogP contribution in [-0.2, 0) is 0 Å². The molecule has 0 saturated carbocycles. The first-order chi connectivity index (χ1) is 6.74. The third-order valence-electron chi connectivity index (χ3n) is 2.96. The lowest BCUT2D eigenvalue weighted by Gasteiger charge is -2.29. The first-order valence-electron chi connectivity index (χ1n) is 6.21. The second-order valence-electron chi connectivity index (χ2n) is 5.93. The number of nitrogens with one attached hydrogen (secondary N) is 1. The normalized spacial score (nSPS) is 15.0. The molecule has 2 nitrogen and oxygen atoms in total. The third kappa shape index (κ3) is 7.80. The largest absolute Gasteiger partial charge is 0.312 e. The number of hydrogen-bond donors (Lipinski definition) is 1. The SMILES string of the molecule is CC(C)N(C)C(C)CCCNC(C)(C)C. The Bertz CT molecular complexity index is 158. The lowest BCUT2D eigenvalue weighted by atomic mass is 10.1. The molecule has 0 aliphatic carbocycles. The molecule has 92 valence electrons. The van der Waals surface area contributed by atoms with Crippen LogP contribution in [0.1, 0.15) is 54.4 Å². The van der Waals surface area contributed by atoms with Crippen LogP contribution in [0.2, 0.25) is 0 Å². The Balaban J connectivity index is 3.60. The van der Waals surface area contributed by atoms with Gasteiger partial charge in [-0.05, 0) is 68.0 Å². The van der Waals surface area contributed by atoms with Crippen molar-refractivity contribution in [3.05, 3.63) is 0 Å². The molecule has 0 fully saturated rings. The average Bonchev–Trinajstić information content (AvgIpc) is 2.09. The van der Waals surface area contributed by atoms with E-state index in [0.29, 0.717) is 12.1 Å². The minimum absolute atomic E-state index is 0.257. The van der Waals surface area contributed by atoms with Gasteiger partial charge in [0.05, 0.1) is 0 Å². The zero-order chi connectivity index (χ0) is 12.1. The maximum atomic E-state index is 3.53. The smallest absolute Gasteiger partial charge is 0.00965 e. The summed E-state index contributed by atoms with van der Waals surface area (Å²) >= 11 is 0. The summed E-state index contributed by atoms with van der Waals surface area (Å²) in [6, 6.07) is 1.34. The van der Waals surface area contributed by atoms with E-state index in [1.54, 1.807) is 0 Å². The van der Waals surface area contributed by atoms with Gasteiger partial charge in [0.15, 0.2) is 0 Å². The molecule has 0 radical (unpaired) electrons. The predicted molar refractivity (Wildman–Crippen MR) is 69.4 cm³/mol. The van der Waals surface area contributed by atoms with E-state index in [1.165, 1.54) is 12.8 Å². The summed E-state index contributed by atoms with van der Waals surface area (Å²) in [4.78, 5) is 2.44. The fraction of sp³-hybridized carbons (Fsp3) is 1.00. The van der Waals surface area contributed by atoms with Crippen LogP contribution < -0.4 is 5.32 Å². The van der Waals surface area contributed by atoms with Crippen molar-refractivity contribution >= 4 is 0 Å². The molecule has 1 N–H and O–H groups in total. The third-order valence-corrected chi connectivity index (χ3v) is 2.96. The van der Waals surface area contributed by atoms with Crippen molar-refractivity contribution in [1.82, 2.24) is 10.2 Å². The van der Waals surface area contributed by atoms with Crippen LogP contribution in [0, 0.1) is 0 Å². The van der Waals surface area contributed by atoms with Crippen molar-refractivity contribution < 1.29 is 0 Å². The highest BCUT2D eigenvalue weighted by molar-refractivity contribution is 4.72. The van der Waals surface area contributed by atoms with Crippen molar-refractivity contribution in [2.75, 3.05) is 13.6 Å². The molecule has 0 aromatic rings. The molecule has 0 amide bonds. The van der Waals surface area contributed by atoms with Crippen LogP contribution in [-0.4, -0.2) is 36.1 Å². The van der Waals surface area contributed by atoms with Crippen molar-refractivity contribution in [3.8, 4) is 0 Å². The molecule has 0 aromatic heterocycles. The molecule has 2 heteroatoms. The summed E-state index contributed by atoms with van der Waals surface area (Å²) in [6.07, 6.45) is 2.53. The Hall–Kier alpha value is -0.0800. The first kappa shape index (κ1) is 14.9. The Morgan fingerprint density at radius 3 is 2.07 bits per heavy atom. The van der Waals surface area contributed by atoms with Crippen molar-refractivity contribution in [1.29, 1.82) is 0 Å². The van der Waals surface area contributed by atoms with Crippen LogP contribution >= 0.6 is 0 Å². The molecule has 0 spiro atoms. The zero-order valence-electron chi connectivity index (χ0n) is 11.7. The molecule has 0 bridgehead atoms.